The van der Waals surface area contributed by atoms with Crippen molar-refractivity contribution in [3.63, 3.8) is 0 Å². The van der Waals surface area contributed by atoms with Gasteiger partial charge >= 0.3 is 0 Å². The summed E-state index contributed by atoms with van der Waals surface area (Å²) in [4.78, 5) is 18.6. The van der Waals surface area contributed by atoms with Crippen molar-refractivity contribution in [1.29, 1.82) is 0 Å². The number of nitrogens with one attached hydrogen (secondary N) is 1. The Hall–Kier alpha value is -4.25. The highest BCUT2D eigenvalue weighted by Crippen LogP contribution is 2.30. The molecule has 2 heterocycles. The molecule has 5 aromatic rings. The van der Waals surface area contributed by atoms with Crippen LogP contribution < -0.4 is 5.32 Å². The second-order valence-corrected chi connectivity index (χ2v) is 10.1. The molecule has 37 heavy (non-hydrogen) atoms. The van der Waals surface area contributed by atoms with Gasteiger partial charge in [0, 0.05) is 16.6 Å². The van der Waals surface area contributed by atoms with Crippen molar-refractivity contribution in [2.75, 3.05) is 5.32 Å². The van der Waals surface area contributed by atoms with E-state index in [2.05, 4.69) is 67.6 Å². The van der Waals surface area contributed by atoms with Gasteiger partial charge < -0.3 is 5.32 Å². The smallest absolute Gasteiger partial charge is 0.256 e. The number of para-hydroxylation sites is 1. The van der Waals surface area contributed by atoms with Crippen LogP contribution in [0, 0.1) is 27.7 Å². The summed E-state index contributed by atoms with van der Waals surface area (Å²) < 4.78 is 1.93. The molecule has 1 N–H and O–H groups in total. The van der Waals surface area contributed by atoms with E-state index in [0.717, 1.165) is 50.4 Å². The van der Waals surface area contributed by atoms with E-state index in [1.807, 2.05) is 62.0 Å². The number of amides is 1. The van der Waals surface area contributed by atoms with Crippen LogP contribution in [0.4, 0.5) is 5.69 Å². The zero-order chi connectivity index (χ0) is 26.3. The topological polar surface area (TPSA) is 59.8 Å². The molecule has 0 aliphatic rings. The fraction of sp³-hybridized carbons (Fsp3) is 0.219. The standard InChI is InChI=1S/C32H32N4O/c1-19(2)24-11-13-25(14-12-24)36-23(6)28(18-33-36)30-17-27(26-9-7-8-10-29(26)34-30)32(37)35-31-21(4)15-20(3)16-22(31)5/h7-19H,1-6H3,(H,35,37). The average molecular weight is 489 g/mol. The van der Waals surface area contributed by atoms with Gasteiger partial charge in [-0.15, -0.1) is 0 Å². The van der Waals surface area contributed by atoms with Crippen LogP contribution in [0.5, 0.6) is 0 Å². The van der Waals surface area contributed by atoms with Crippen LogP contribution >= 0.6 is 0 Å². The molecule has 3 aromatic carbocycles. The van der Waals surface area contributed by atoms with Crippen molar-refractivity contribution < 1.29 is 4.79 Å². The number of anilines is 1. The maximum atomic E-state index is 13.6. The van der Waals surface area contributed by atoms with Gasteiger partial charge in [0.15, 0.2) is 0 Å². The van der Waals surface area contributed by atoms with E-state index in [4.69, 9.17) is 4.98 Å². The van der Waals surface area contributed by atoms with E-state index < -0.39 is 0 Å². The van der Waals surface area contributed by atoms with Gasteiger partial charge in [-0.05, 0) is 74.6 Å². The predicted octanol–water partition coefficient (Wildman–Crippen LogP) is 7.70. The highest BCUT2D eigenvalue weighted by atomic mass is 16.1. The van der Waals surface area contributed by atoms with Gasteiger partial charge in [0.05, 0.1) is 34.4 Å². The van der Waals surface area contributed by atoms with Gasteiger partial charge in [-0.1, -0.05) is 61.9 Å². The molecule has 0 fully saturated rings. The number of nitrogens with zero attached hydrogens (tertiary/aromatic N) is 3. The Morgan fingerprint density at radius 3 is 2.24 bits per heavy atom. The van der Waals surface area contributed by atoms with Crippen molar-refractivity contribution in [2.24, 2.45) is 0 Å². The first kappa shape index (κ1) is 24.4. The van der Waals surface area contributed by atoms with Crippen LogP contribution in [-0.2, 0) is 0 Å². The second-order valence-electron chi connectivity index (χ2n) is 10.1. The van der Waals surface area contributed by atoms with Crippen LogP contribution in [0.25, 0.3) is 27.8 Å². The Bertz CT molecular complexity index is 1600. The normalized spacial score (nSPS) is 11.3. The van der Waals surface area contributed by atoms with Gasteiger partial charge in [-0.2, -0.15) is 5.10 Å². The molecule has 5 nitrogen and oxygen atoms in total. The van der Waals surface area contributed by atoms with E-state index in [0.29, 0.717) is 11.5 Å². The lowest BCUT2D eigenvalue weighted by atomic mass is 10.0. The van der Waals surface area contributed by atoms with Crippen molar-refractivity contribution in [2.45, 2.75) is 47.5 Å². The lowest BCUT2D eigenvalue weighted by Crippen LogP contribution is -2.15. The number of aryl methyl sites for hydroxylation is 3. The van der Waals surface area contributed by atoms with Crippen molar-refractivity contribution in [1.82, 2.24) is 14.8 Å². The summed E-state index contributed by atoms with van der Waals surface area (Å²) in [5, 5.41) is 8.65. The third-order valence-corrected chi connectivity index (χ3v) is 6.97. The Kier molecular flexibility index (Phi) is 6.38. The number of hydrogen-bond donors (Lipinski definition) is 1. The van der Waals surface area contributed by atoms with E-state index in [9.17, 15) is 4.79 Å². The number of benzene rings is 3. The first-order valence-corrected chi connectivity index (χ1v) is 12.7. The number of fused-ring (bicyclic) bond motifs is 1. The minimum absolute atomic E-state index is 0.149. The van der Waals surface area contributed by atoms with Gasteiger partial charge in [-0.25, -0.2) is 9.67 Å². The summed E-state index contributed by atoms with van der Waals surface area (Å²) in [6.07, 6.45) is 1.83. The molecule has 1 amide bonds. The molecule has 0 saturated carbocycles. The van der Waals surface area contributed by atoms with Gasteiger partial charge in [-0.3, -0.25) is 4.79 Å². The molecule has 2 aromatic heterocycles. The third-order valence-electron chi connectivity index (χ3n) is 6.97. The maximum absolute atomic E-state index is 13.6. The van der Waals surface area contributed by atoms with E-state index in [1.165, 1.54) is 11.1 Å². The Balaban J connectivity index is 1.57. The average Bonchev–Trinajstić information content (AvgIpc) is 3.26. The molecule has 5 rings (SSSR count). The number of carbonyl (C=O) groups excluding carboxylic acids is 1. The van der Waals surface area contributed by atoms with Gasteiger partial charge in [0.1, 0.15) is 0 Å². The molecule has 0 bridgehead atoms. The second kappa shape index (κ2) is 9.66. The fourth-order valence-electron chi connectivity index (χ4n) is 4.98. The quantitative estimate of drug-likeness (QED) is 0.276. The minimum Gasteiger partial charge on any atom is -0.321 e. The number of pyridine rings is 1. The van der Waals surface area contributed by atoms with Crippen LogP contribution in [0.15, 0.2) is 72.9 Å². The lowest BCUT2D eigenvalue weighted by molar-refractivity contribution is 0.102. The van der Waals surface area contributed by atoms with Crippen molar-refractivity contribution in [3.05, 3.63) is 106 Å². The zero-order valence-corrected chi connectivity index (χ0v) is 22.3. The monoisotopic (exact) mass is 488 g/mol. The first-order valence-electron chi connectivity index (χ1n) is 12.7. The fourth-order valence-corrected chi connectivity index (χ4v) is 4.98. The Labute approximate surface area is 218 Å². The van der Waals surface area contributed by atoms with Crippen LogP contribution in [0.1, 0.15) is 58.1 Å². The Morgan fingerprint density at radius 2 is 1.57 bits per heavy atom. The molecule has 0 spiro atoms. The molecular formula is C32H32N4O. The predicted molar refractivity (Wildman–Crippen MR) is 152 cm³/mol. The van der Waals surface area contributed by atoms with Gasteiger partial charge in [0.25, 0.3) is 5.91 Å². The number of rotatable bonds is 5. The maximum Gasteiger partial charge on any atom is 0.256 e. The summed E-state index contributed by atoms with van der Waals surface area (Å²) in [5.74, 6) is 0.325. The molecule has 0 unspecified atom stereocenters. The Morgan fingerprint density at radius 1 is 0.892 bits per heavy atom. The molecule has 186 valence electrons. The molecule has 0 aliphatic carbocycles. The van der Waals surface area contributed by atoms with Crippen molar-refractivity contribution >= 4 is 22.5 Å². The number of carbonyl (C=O) groups is 1. The van der Waals surface area contributed by atoms with E-state index in [1.54, 1.807) is 0 Å². The molecule has 0 aliphatic heterocycles. The summed E-state index contributed by atoms with van der Waals surface area (Å²) in [7, 11) is 0. The largest absolute Gasteiger partial charge is 0.321 e. The lowest BCUT2D eigenvalue weighted by Gasteiger charge is -2.15. The van der Waals surface area contributed by atoms with Crippen molar-refractivity contribution in [3.8, 4) is 16.9 Å². The third kappa shape index (κ3) is 4.65. The summed E-state index contributed by atoms with van der Waals surface area (Å²) in [6, 6.07) is 22.3. The van der Waals surface area contributed by atoms with E-state index in [-0.39, 0.29) is 5.91 Å². The van der Waals surface area contributed by atoms with E-state index >= 15 is 0 Å². The zero-order valence-electron chi connectivity index (χ0n) is 22.3. The SMILES string of the molecule is Cc1cc(C)c(NC(=O)c2cc(-c3cnn(-c4ccc(C(C)C)cc4)c3C)nc3ccccc23)c(C)c1. The highest BCUT2D eigenvalue weighted by Gasteiger charge is 2.18. The highest BCUT2D eigenvalue weighted by molar-refractivity contribution is 6.13. The summed E-state index contributed by atoms with van der Waals surface area (Å²) in [6.45, 7) is 12.5. The summed E-state index contributed by atoms with van der Waals surface area (Å²) >= 11 is 0. The molecule has 0 atom stereocenters. The van der Waals surface area contributed by atoms with Crippen LogP contribution in [0.3, 0.4) is 0 Å². The molecule has 0 saturated heterocycles. The minimum atomic E-state index is -0.149. The van der Waals surface area contributed by atoms with Gasteiger partial charge in [0.2, 0.25) is 0 Å². The molecular weight excluding hydrogens is 456 g/mol. The first-order chi connectivity index (χ1) is 17.7. The van der Waals surface area contributed by atoms with Crippen LogP contribution in [-0.4, -0.2) is 20.7 Å². The molecule has 5 heteroatoms. The molecule has 0 radical (unpaired) electrons. The van der Waals surface area contributed by atoms with Crippen LogP contribution in [0.2, 0.25) is 0 Å². The number of hydrogen-bond acceptors (Lipinski definition) is 3. The number of aromatic nitrogens is 3. The summed E-state index contributed by atoms with van der Waals surface area (Å²) in [5.41, 5.74) is 10.4.